The molecular formula is C18H14N2O5. The summed E-state index contributed by atoms with van der Waals surface area (Å²) in [4.78, 5) is 22.4. The number of para-hydroxylation sites is 1. The SMILES string of the molecule is COc1ccc(/C=C(\C#N)C(=O)OCc2ccccc2[N+](=O)[O-])cc1. The molecule has 2 aromatic rings. The van der Waals surface area contributed by atoms with Gasteiger partial charge in [0.1, 0.15) is 24.0 Å². The lowest BCUT2D eigenvalue weighted by Gasteiger charge is -2.05. The van der Waals surface area contributed by atoms with Gasteiger partial charge in [-0.25, -0.2) is 4.79 Å². The number of methoxy groups -OCH3 is 1. The van der Waals surface area contributed by atoms with Gasteiger partial charge in [0.25, 0.3) is 5.69 Å². The number of nitriles is 1. The Kier molecular flexibility index (Phi) is 5.85. The topological polar surface area (TPSA) is 102 Å². The minimum absolute atomic E-state index is 0.145. The maximum Gasteiger partial charge on any atom is 0.349 e. The van der Waals surface area contributed by atoms with Gasteiger partial charge in [-0.05, 0) is 29.8 Å². The van der Waals surface area contributed by atoms with E-state index in [0.29, 0.717) is 11.3 Å². The van der Waals surface area contributed by atoms with Crippen LogP contribution in [0.2, 0.25) is 0 Å². The molecule has 126 valence electrons. The van der Waals surface area contributed by atoms with Crippen molar-refractivity contribution >= 4 is 17.7 Å². The van der Waals surface area contributed by atoms with Gasteiger partial charge in [0.15, 0.2) is 0 Å². The summed E-state index contributed by atoms with van der Waals surface area (Å²) in [6.07, 6.45) is 1.38. The molecule has 0 atom stereocenters. The molecule has 0 radical (unpaired) electrons. The third-order valence-corrected chi connectivity index (χ3v) is 3.31. The molecule has 0 spiro atoms. The molecule has 0 saturated carbocycles. The van der Waals surface area contributed by atoms with E-state index in [-0.39, 0.29) is 23.4 Å². The standard InChI is InChI=1S/C18H14N2O5/c1-24-16-8-6-13(7-9-16)10-15(11-19)18(21)25-12-14-4-2-3-5-17(14)20(22)23/h2-10H,12H2,1H3/b15-10+. The van der Waals surface area contributed by atoms with E-state index in [1.165, 1.54) is 31.4 Å². The van der Waals surface area contributed by atoms with Gasteiger partial charge in [-0.1, -0.05) is 24.3 Å². The summed E-state index contributed by atoms with van der Waals surface area (Å²) in [7, 11) is 1.53. The van der Waals surface area contributed by atoms with Crippen molar-refractivity contribution in [3.63, 3.8) is 0 Å². The molecule has 25 heavy (non-hydrogen) atoms. The van der Waals surface area contributed by atoms with Gasteiger partial charge in [0.05, 0.1) is 17.6 Å². The van der Waals surface area contributed by atoms with Gasteiger partial charge in [-0.2, -0.15) is 5.26 Å². The molecule has 0 fully saturated rings. The minimum atomic E-state index is -0.850. The van der Waals surface area contributed by atoms with Crippen LogP contribution in [0.3, 0.4) is 0 Å². The zero-order valence-electron chi connectivity index (χ0n) is 13.3. The summed E-state index contributed by atoms with van der Waals surface area (Å²) in [6, 6.07) is 14.5. The molecule has 0 heterocycles. The largest absolute Gasteiger partial charge is 0.497 e. The number of hydrogen-bond acceptors (Lipinski definition) is 6. The summed E-state index contributed by atoms with van der Waals surface area (Å²) in [6.45, 7) is -0.294. The van der Waals surface area contributed by atoms with E-state index >= 15 is 0 Å². The van der Waals surface area contributed by atoms with Crippen LogP contribution < -0.4 is 4.74 Å². The van der Waals surface area contributed by atoms with Crippen molar-refractivity contribution in [3.05, 3.63) is 75.3 Å². The van der Waals surface area contributed by atoms with E-state index in [9.17, 15) is 14.9 Å². The van der Waals surface area contributed by atoms with Crippen LogP contribution >= 0.6 is 0 Å². The Balaban J connectivity index is 2.11. The fourth-order valence-electron chi connectivity index (χ4n) is 2.04. The number of carbonyl (C=O) groups is 1. The molecule has 0 N–H and O–H groups in total. The van der Waals surface area contributed by atoms with Gasteiger partial charge in [-0.3, -0.25) is 10.1 Å². The van der Waals surface area contributed by atoms with Crippen molar-refractivity contribution < 1.29 is 19.2 Å². The fourth-order valence-corrected chi connectivity index (χ4v) is 2.04. The van der Waals surface area contributed by atoms with Crippen molar-refractivity contribution in [1.82, 2.24) is 0 Å². The van der Waals surface area contributed by atoms with Gasteiger partial charge < -0.3 is 9.47 Å². The highest BCUT2D eigenvalue weighted by Gasteiger charge is 2.16. The van der Waals surface area contributed by atoms with E-state index in [4.69, 9.17) is 14.7 Å². The number of esters is 1. The quantitative estimate of drug-likeness (QED) is 0.263. The van der Waals surface area contributed by atoms with Crippen molar-refractivity contribution in [2.24, 2.45) is 0 Å². The van der Waals surface area contributed by atoms with E-state index < -0.39 is 10.9 Å². The molecule has 2 aromatic carbocycles. The number of ether oxygens (including phenoxy) is 2. The summed E-state index contributed by atoms with van der Waals surface area (Å²) in [5.74, 6) is -0.203. The molecule has 2 rings (SSSR count). The first-order chi connectivity index (χ1) is 12.0. The molecule has 0 amide bonds. The van der Waals surface area contributed by atoms with Crippen LogP contribution in [0.15, 0.2) is 54.1 Å². The lowest BCUT2D eigenvalue weighted by atomic mass is 10.1. The summed E-state index contributed by atoms with van der Waals surface area (Å²) >= 11 is 0. The monoisotopic (exact) mass is 338 g/mol. The fraction of sp³-hybridized carbons (Fsp3) is 0.111. The van der Waals surface area contributed by atoms with Crippen molar-refractivity contribution in [2.45, 2.75) is 6.61 Å². The first kappa shape index (κ1) is 17.7. The van der Waals surface area contributed by atoms with Crippen LogP contribution in [0, 0.1) is 21.4 Å². The minimum Gasteiger partial charge on any atom is -0.497 e. The van der Waals surface area contributed by atoms with Crippen LogP contribution in [-0.2, 0) is 16.1 Å². The number of nitrogens with zero attached hydrogens (tertiary/aromatic N) is 2. The molecule has 0 unspecified atom stereocenters. The Labute approximate surface area is 143 Å². The third kappa shape index (κ3) is 4.65. The van der Waals surface area contributed by atoms with E-state index in [1.807, 2.05) is 0 Å². The lowest BCUT2D eigenvalue weighted by molar-refractivity contribution is -0.385. The second-order valence-electron chi connectivity index (χ2n) is 4.90. The van der Waals surface area contributed by atoms with E-state index in [2.05, 4.69) is 0 Å². The molecule has 0 aliphatic carbocycles. The highest BCUT2D eigenvalue weighted by molar-refractivity contribution is 5.97. The average molecular weight is 338 g/mol. The average Bonchev–Trinajstić information content (AvgIpc) is 2.64. The Hall–Kier alpha value is -3.66. The number of rotatable bonds is 6. The highest BCUT2D eigenvalue weighted by atomic mass is 16.6. The first-order valence-corrected chi connectivity index (χ1v) is 7.20. The Morgan fingerprint density at radius 2 is 1.92 bits per heavy atom. The predicted molar refractivity (Wildman–Crippen MR) is 89.5 cm³/mol. The van der Waals surface area contributed by atoms with E-state index in [0.717, 1.165) is 0 Å². The molecular weight excluding hydrogens is 324 g/mol. The maximum atomic E-state index is 12.0. The molecule has 0 aromatic heterocycles. The molecule has 7 heteroatoms. The molecule has 0 saturated heterocycles. The van der Waals surface area contributed by atoms with Crippen LogP contribution in [0.5, 0.6) is 5.75 Å². The molecule has 0 bridgehead atoms. The number of nitro benzene ring substituents is 1. The number of hydrogen-bond donors (Lipinski definition) is 0. The van der Waals surface area contributed by atoms with Crippen molar-refractivity contribution in [2.75, 3.05) is 7.11 Å². The Morgan fingerprint density at radius 1 is 1.24 bits per heavy atom. The number of benzene rings is 2. The summed E-state index contributed by atoms with van der Waals surface area (Å²) in [5.41, 5.74) is 0.527. The van der Waals surface area contributed by atoms with Crippen molar-refractivity contribution in [1.29, 1.82) is 5.26 Å². The van der Waals surface area contributed by atoms with Crippen molar-refractivity contribution in [3.8, 4) is 11.8 Å². The van der Waals surface area contributed by atoms with Gasteiger partial charge >= 0.3 is 5.97 Å². The van der Waals surface area contributed by atoms with E-state index in [1.54, 1.807) is 36.4 Å². The van der Waals surface area contributed by atoms with Crippen LogP contribution in [-0.4, -0.2) is 18.0 Å². The summed E-state index contributed by atoms with van der Waals surface area (Å²) in [5, 5.41) is 20.1. The molecule has 0 aliphatic heterocycles. The van der Waals surface area contributed by atoms with Gasteiger partial charge in [0, 0.05) is 6.07 Å². The van der Waals surface area contributed by atoms with Crippen LogP contribution in [0.25, 0.3) is 6.08 Å². The predicted octanol–water partition coefficient (Wildman–Crippen LogP) is 3.25. The van der Waals surface area contributed by atoms with Crippen LogP contribution in [0.1, 0.15) is 11.1 Å². The van der Waals surface area contributed by atoms with Gasteiger partial charge in [0.2, 0.25) is 0 Å². The number of carbonyl (C=O) groups excluding carboxylic acids is 1. The third-order valence-electron chi connectivity index (χ3n) is 3.31. The second kappa shape index (κ2) is 8.26. The maximum absolute atomic E-state index is 12.0. The zero-order valence-corrected chi connectivity index (χ0v) is 13.3. The summed E-state index contributed by atoms with van der Waals surface area (Å²) < 4.78 is 10.1. The molecule has 7 nitrogen and oxygen atoms in total. The first-order valence-electron chi connectivity index (χ1n) is 7.20. The highest BCUT2D eigenvalue weighted by Crippen LogP contribution is 2.19. The number of nitro groups is 1. The smallest absolute Gasteiger partial charge is 0.349 e. The Bertz CT molecular complexity index is 851. The Morgan fingerprint density at radius 3 is 2.52 bits per heavy atom. The normalized spacial score (nSPS) is 10.6. The van der Waals surface area contributed by atoms with Gasteiger partial charge in [-0.15, -0.1) is 0 Å². The lowest BCUT2D eigenvalue weighted by Crippen LogP contribution is -2.08. The van der Waals surface area contributed by atoms with Crippen LogP contribution in [0.4, 0.5) is 5.69 Å². The zero-order chi connectivity index (χ0) is 18.2. The molecule has 0 aliphatic rings. The second-order valence-corrected chi connectivity index (χ2v) is 4.90.